The molecule has 0 unspecified atom stereocenters. The zero-order valence-electron chi connectivity index (χ0n) is 11.7. The van der Waals surface area contributed by atoms with Gasteiger partial charge in [0.1, 0.15) is 11.7 Å². The van der Waals surface area contributed by atoms with Gasteiger partial charge in [-0.15, -0.1) is 0 Å². The van der Waals surface area contributed by atoms with Gasteiger partial charge in [0.05, 0.1) is 18.6 Å². The first-order valence-corrected chi connectivity index (χ1v) is 6.61. The number of rotatable bonds is 2. The van der Waals surface area contributed by atoms with Crippen LogP contribution in [0.3, 0.4) is 0 Å². The van der Waals surface area contributed by atoms with Gasteiger partial charge in [0.2, 0.25) is 0 Å². The molecule has 0 spiro atoms. The minimum Gasteiger partial charge on any atom is -0.468 e. The van der Waals surface area contributed by atoms with E-state index in [0.717, 1.165) is 11.1 Å². The summed E-state index contributed by atoms with van der Waals surface area (Å²) in [5.41, 5.74) is 1.16. The Morgan fingerprint density at radius 1 is 1.50 bits per heavy atom. The average Bonchev–Trinajstić information content (AvgIpc) is 2.47. The lowest BCUT2D eigenvalue weighted by Crippen LogP contribution is -2.40. The molecule has 0 bridgehead atoms. The Morgan fingerprint density at radius 3 is 2.85 bits per heavy atom. The van der Waals surface area contributed by atoms with Crippen molar-refractivity contribution >= 4 is 11.8 Å². The van der Waals surface area contributed by atoms with Gasteiger partial charge in [0.25, 0.3) is 0 Å². The summed E-state index contributed by atoms with van der Waals surface area (Å²) in [5.74, 6) is -1.49. The Labute approximate surface area is 118 Å². The summed E-state index contributed by atoms with van der Waals surface area (Å²) in [4.78, 5) is 23.6. The number of nitrogens with zero attached hydrogens (tertiary/aromatic N) is 1. The van der Waals surface area contributed by atoms with Gasteiger partial charge < -0.3 is 4.74 Å². The lowest BCUT2D eigenvalue weighted by atomic mass is 9.66. The number of nitriles is 1. The van der Waals surface area contributed by atoms with Crippen molar-refractivity contribution in [1.82, 2.24) is 0 Å². The standard InChI is InChI=1S/C16H17NO3/c1-11-4-3-5-12(8-11)16(10-17)7-6-14(18)13(9-16)15(19)20-2/h3-5,8,13H,6-7,9H2,1-2H3/t13-,16-/m0/s1. The fraction of sp³-hybridized carbons (Fsp3) is 0.438. The molecule has 1 aliphatic rings. The molecule has 2 rings (SSSR count). The number of ketones is 1. The van der Waals surface area contributed by atoms with Gasteiger partial charge in [-0.25, -0.2) is 0 Å². The summed E-state index contributed by atoms with van der Waals surface area (Å²) in [6, 6.07) is 10.0. The summed E-state index contributed by atoms with van der Waals surface area (Å²) in [7, 11) is 1.27. The SMILES string of the molecule is COC(=O)[C@H]1C[C@@](C#N)(c2cccc(C)c2)CCC1=O. The van der Waals surface area contributed by atoms with Crippen LogP contribution in [0.2, 0.25) is 0 Å². The minimum absolute atomic E-state index is 0.129. The van der Waals surface area contributed by atoms with Crippen LogP contribution in [0, 0.1) is 24.2 Å². The van der Waals surface area contributed by atoms with Crippen molar-refractivity contribution in [2.45, 2.75) is 31.6 Å². The van der Waals surface area contributed by atoms with Crippen LogP contribution in [0.15, 0.2) is 24.3 Å². The molecule has 0 saturated heterocycles. The first-order chi connectivity index (χ1) is 9.52. The second-order valence-electron chi connectivity index (χ2n) is 5.31. The van der Waals surface area contributed by atoms with Crippen molar-refractivity contribution in [3.05, 3.63) is 35.4 Å². The molecule has 104 valence electrons. The lowest BCUT2D eigenvalue weighted by Gasteiger charge is -2.34. The summed E-state index contributed by atoms with van der Waals surface area (Å²) in [6.45, 7) is 1.96. The summed E-state index contributed by atoms with van der Waals surface area (Å²) in [5, 5.41) is 9.63. The minimum atomic E-state index is -0.825. The average molecular weight is 271 g/mol. The van der Waals surface area contributed by atoms with Crippen LogP contribution in [-0.4, -0.2) is 18.9 Å². The Morgan fingerprint density at radius 2 is 2.25 bits per heavy atom. The van der Waals surface area contributed by atoms with Crippen LogP contribution in [-0.2, 0) is 19.7 Å². The van der Waals surface area contributed by atoms with E-state index in [4.69, 9.17) is 0 Å². The molecule has 0 N–H and O–H groups in total. The zero-order chi connectivity index (χ0) is 14.8. The monoisotopic (exact) mass is 271 g/mol. The van der Waals surface area contributed by atoms with Crippen LogP contribution in [0.1, 0.15) is 30.4 Å². The smallest absolute Gasteiger partial charge is 0.316 e. The van der Waals surface area contributed by atoms with Gasteiger partial charge in [-0.05, 0) is 25.3 Å². The maximum absolute atomic E-state index is 11.9. The highest BCUT2D eigenvalue weighted by Crippen LogP contribution is 2.40. The van der Waals surface area contributed by atoms with E-state index in [1.807, 2.05) is 31.2 Å². The van der Waals surface area contributed by atoms with E-state index in [0.29, 0.717) is 6.42 Å². The first-order valence-electron chi connectivity index (χ1n) is 6.61. The van der Waals surface area contributed by atoms with Crippen LogP contribution in [0.25, 0.3) is 0 Å². The Kier molecular flexibility index (Phi) is 3.89. The molecule has 1 aliphatic carbocycles. The van der Waals surface area contributed by atoms with E-state index in [1.165, 1.54) is 7.11 Å². The Bertz CT molecular complexity index is 580. The number of esters is 1. The van der Waals surface area contributed by atoms with Crippen molar-refractivity contribution in [2.24, 2.45) is 5.92 Å². The second-order valence-corrected chi connectivity index (χ2v) is 5.31. The van der Waals surface area contributed by atoms with Gasteiger partial charge in [0.15, 0.2) is 0 Å². The lowest BCUT2D eigenvalue weighted by molar-refractivity contribution is -0.151. The molecule has 0 aromatic heterocycles. The largest absolute Gasteiger partial charge is 0.468 e. The van der Waals surface area contributed by atoms with Crippen molar-refractivity contribution < 1.29 is 14.3 Å². The van der Waals surface area contributed by atoms with Crippen molar-refractivity contribution in [2.75, 3.05) is 7.11 Å². The molecule has 0 heterocycles. The van der Waals surface area contributed by atoms with Crippen LogP contribution >= 0.6 is 0 Å². The summed E-state index contributed by atoms with van der Waals surface area (Å²) < 4.78 is 4.69. The maximum atomic E-state index is 11.9. The van der Waals surface area contributed by atoms with E-state index in [9.17, 15) is 14.9 Å². The summed E-state index contributed by atoms with van der Waals surface area (Å²) in [6.07, 6.45) is 0.902. The number of carbonyl (C=O) groups excluding carboxylic acids is 2. The predicted octanol–water partition coefficient (Wildman–Crippen LogP) is 2.30. The van der Waals surface area contributed by atoms with E-state index < -0.39 is 17.3 Å². The fourth-order valence-electron chi connectivity index (χ4n) is 2.80. The third-order valence-electron chi connectivity index (χ3n) is 4.01. The first kappa shape index (κ1) is 14.3. The van der Waals surface area contributed by atoms with Crippen LogP contribution in [0.4, 0.5) is 0 Å². The molecule has 4 nitrogen and oxygen atoms in total. The van der Waals surface area contributed by atoms with E-state index in [1.54, 1.807) is 0 Å². The fourth-order valence-corrected chi connectivity index (χ4v) is 2.80. The van der Waals surface area contributed by atoms with E-state index >= 15 is 0 Å². The van der Waals surface area contributed by atoms with Crippen LogP contribution < -0.4 is 0 Å². The molecule has 1 saturated carbocycles. The number of Topliss-reactive ketones (excluding diaryl/α,β-unsaturated/α-hetero) is 1. The summed E-state index contributed by atoms with van der Waals surface area (Å²) >= 11 is 0. The number of ether oxygens (including phenoxy) is 1. The number of carbonyl (C=O) groups is 2. The van der Waals surface area contributed by atoms with Crippen LogP contribution in [0.5, 0.6) is 0 Å². The number of methoxy groups -OCH3 is 1. The topological polar surface area (TPSA) is 67.2 Å². The van der Waals surface area contributed by atoms with E-state index in [-0.39, 0.29) is 18.6 Å². The van der Waals surface area contributed by atoms with Gasteiger partial charge in [0, 0.05) is 6.42 Å². The Balaban J connectivity index is 2.39. The Hall–Kier alpha value is -2.15. The number of benzene rings is 1. The molecule has 1 fully saturated rings. The molecule has 20 heavy (non-hydrogen) atoms. The van der Waals surface area contributed by atoms with Gasteiger partial charge in [-0.3, -0.25) is 9.59 Å². The highest BCUT2D eigenvalue weighted by Gasteiger charge is 2.45. The van der Waals surface area contributed by atoms with Gasteiger partial charge in [-0.1, -0.05) is 29.8 Å². The molecule has 1 aromatic rings. The molecule has 0 aliphatic heterocycles. The second kappa shape index (κ2) is 5.46. The quantitative estimate of drug-likeness (QED) is 0.611. The number of aryl methyl sites for hydroxylation is 1. The molecule has 0 radical (unpaired) electrons. The normalized spacial score (nSPS) is 25.9. The molecular weight excluding hydrogens is 254 g/mol. The highest BCUT2D eigenvalue weighted by atomic mass is 16.5. The third kappa shape index (κ3) is 2.44. The third-order valence-corrected chi connectivity index (χ3v) is 4.01. The van der Waals surface area contributed by atoms with Gasteiger partial charge >= 0.3 is 5.97 Å². The molecular formula is C16H17NO3. The number of hydrogen-bond acceptors (Lipinski definition) is 4. The molecule has 0 amide bonds. The van der Waals surface area contributed by atoms with E-state index in [2.05, 4.69) is 10.8 Å². The van der Waals surface area contributed by atoms with Crippen molar-refractivity contribution in [1.29, 1.82) is 5.26 Å². The van der Waals surface area contributed by atoms with Crippen molar-refractivity contribution in [3.8, 4) is 6.07 Å². The van der Waals surface area contributed by atoms with Crippen molar-refractivity contribution in [3.63, 3.8) is 0 Å². The highest BCUT2D eigenvalue weighted by molar-refractivity contribution is 6.00. The molecule has 1 aromatic carbocycles. The number of hydrogen-bond donors (Lipinski definition) is 0. The molecule has 2 atom stereocenters. The molecule has 4 heteroatoms. The van der Waals surface area contributed by atoms with Gasteiger partial charge in [-0.2, -0.15) is 5.26 Å². The maximum Gasteiger partial charge on any atom is 0.316 e. The predicted molar refractivity (Wildman–Crippen MR) is 72.8 cm³/mol. The zero-order valence-corrected chi connectivity index (χ0v) is 11.7.